The average molecular weight is 486 g/mol. The lowest BCUT2D eigenvalue weighted by molar-refractivity contribution is 0.0495. The van der Waals surface area contributed by atoms with Crippen molar-refractivity contribution >= 4 is 26.9 Å². The zero-order valence-electron chi connectivity index (χ0n) is 18.9. The minimum absolute atomic E-state index is 0.0301. The highest BCUT2D eigenvalue weighted by Gasteiger charge is 2.31. The second-order valence-corrected chi connectivity index (χ2v) is 10.3. The predicted molar refractivity (Wildman–Crippen MR) is 127 cm³/mol. The number of nitrogens with zero attached hydrogens (tertiary/aromatic N) is 2. The van der Waals surface area contributed by atoms with E-state index < -0.39 is 27.2 Å². The van der Waals surface area contributed by atoms with Gasteiger partial charge in [0.25, 0.3) is 5.56 Å². The first kappa shape index (κ1) is 23.9. The van der Waals surface area contributed by atoms with E-state index in [0.29, 0.717) is 17.4 Å². The number of para-hydroxylation sites is 1. The number of nitrogens with one attached hydrogen (secondary N) is 1. The molecule has 0 saturated carbocycles. The first-order chi connectivity index (χ1) is 16.3. The number of H-pyrrole nitrogens is 1. The van der Waals surface area contributed by atoms with E-state index in [4.69, 9.17) is 4.74 Å². The van der Waals surface area contributed by atoms with Crippen LogP contribution in [0.4, 0.5) is 0 Å². The fourth-order valence-corrected chi connectivity index (χ4v) is 5.97. The second kappa shape index (κ2) is 9.94. The Kier molecular flexibility index (Phi) is 6.99. The Bertz CT molecular complexity index is 1430. The quantitative estimate of drug-likeness (QED) is 0.406. The summed E-state index contributed by atoms with van der Waals surface area (Å²) < 4.78 is 33.9. The average Bonchev–Trinajstić information content (AvgIpc) is 2.83. The van der Waals surface area contributed by atoms with Crippen molar-refractivity contribution in [2.45, 2.75) is 50.1 Å². The molecule has 2 aromatic carbocycles. The lowest BCUT2D eigenvalue weighted by Crippen LogP contribution is -2.41. The van der Waals surface area contributed by atoms with Gasteiger partial charge >= 0.3 is 11.7 Å². The van der Waals surface area contributed by atoms with E-state index in [9.17, 15) is 22.8 Å². The number of sulfonamides is 1. The highest BCUT2D eigenvalue weighted by molar-refractivity contribution is 7.89. The zero-order chi connectivity index (χ0) is 24.3. The molecule has 4 rings (SSSR count). The fraction of sp³-hybridized carbons (Fsp3) is 0.375. The van der Waals surface area contributed by atoms with Crippen LogP contribution in [0.3, 0.4) is 0 Å². The third kappa shape index (κ3) is 4.83. The highest BCUT2D eigenvalue weighted by atomic mass is 32.2. The lowest BCUT2D eigenvalue weighted by Gasteiger charge is -2.32. The molecule has 0 amide bonds. The number of hydrogen-bond acceptors (Lipinski definition) is 6. The Morgan fingerprint density at radius 1 is 1.12 bits per heavy atom. The third-order valence-corrected chi connectivity index (χ3v) is 8.08. The summed E-state index contributed by atoms with van der Waals surface area (Å²) in [5, 5.41) is 0.403. The number of carbonyl (C=O) groups excluding carboxylic acids is 1. The Morgan fingerprint density at radius 2 is 1.91 bits per heavy atom. The molecule has 1 atom stereocenters. The van der Waals surface area contributed by atoms with E-state index in [-0.39, 0.29) is 36.1 Å². The minimum Gasteiger partial charge on any atom is -0.462 e. The van der Waals surface area contributed by atoms with Crippen LogP contribution in [0.15, 0.2) is 63.0 Å². The maximum absolute atomic E-state index is 13.1. The van der Waals surface area contributed by atoms with Crippen LogP contribution in [0, 0.1) is 0 Å². The summed E-state index contributed by atoms with van der Waals surface area (Å²) in [6.45, 7) is 2.40. The van der Waals surface area contributed by atoms with Gasteiger partial charge in [-0.15, -0.1) is 0 Å². The molecule has 1 aliphatic rings. The number of ether oxygens (including phenoxy) is 1. The van der Waals surface area contributed by atoms with Crippen molar-refractivity contribution in [1.29, 1.82) is 0 Å². The smallest absolute Gasteiger partial charge is 0.338 e. The molecule has 0 radical (unpaired) electrons. The number of piperidine rings is 1. The molecule has 0 unspecified atom stereocenters. The monoisotopic (exact) mass is 485 g/mol. The summed E-state index contributed by atoms with van der Waals surface area (Å²) in [4.78, 5) is 40.0. The van der Waals surface area contributed by atoms with Crippen LogP contribution in [-0.2, 0) is 21.3 Å². The number of aromatic nitrogens is 2. The van der Waals surface area contributed by atoms with Crippen molar-refractivity contribution in [3.05, 3.63) is 74.9 Å². The van der Waals surface area contributed by atoms with Gasteiger partial charge in [0.1, 0.15) is 0 Å². The molecule has 0 bridgehead atoms. The van der Waals surface area contributed by atoms with Gasteiger partial charge in [-0.05, 0) is 56.5 Å². The van der Waals surface area contributed by atoms with Gasteiger partial charge in [0.05, 0.1) is 28.0 Å². The molecule has 180 valence electrons. The minimum atomic E-state index is -3.71. The van der Waals surface area contributed by atoms with Crippen LogP contribution in [0.5, 0.6) is 0 Å². The second-order valence-electron chi connectivity index (χ2n) is 8.41. The van der Waals surface area contributed by atoms with Crippen LogP contribution in [-0.4, -0.2) is 47.4 Å². The molecule has 10 heteroatoms. The van der Waals surface area contributed by atoms with Crippen molar-refractivity contribution < 1.29 is 17.9 Å². The molecule has 34 heavy (non-hydrogen) atoms. The van der Waals surface area contributed by atoms with Crippen molar-refractivity contribution in [3.8, 4) is 0 Å². The lowest BCUT2D eigenvalue weighted by atomic mass is 10.1. The van der Waals surface area contributed by atoms with Gasteiger partial charge in [0.15, 0.2) is 0 Å². The summed E-state index contributed by atoms with van der Waals surface area (Å²) >= 11 is 0. The van der Waals surface area contributed by atoms with Gasteiger partial charge in [0, 0.05) is 19.1 Å². The zero-order valence-corrected chi connectivity index (χ0v) is 19.7. The fourth-order valence-electron chi connectivity index (χ4n) is 4.22. The number of fused-ring (bicyclic) bond motifs is 1. The Labute approximate surface area is 197 Å². The molecule has 0 aliphatic carbocycles. The topological polar surface area (TPSA) is 119 Å². The van der Waals surface area contributed by atoms with Gasteiger partial charge in [-0.25, -0.2) is 18.0 Å². The molecular formula is C24H27N3O6S. The van der Waals surface area contributed by atoms with Crippen LogP contribution in [0.1, 0.15) is 43.0 Å². The molecule has 9 nitrogen and oxygen atoms in total. The van der Waals surface area contributed by atoms with Gasteiger partial charge < -0.3 is 9.72 Å². The van der Waals surface area contributed by atoms with Crippen LogP contribution >= 0.6 is 0 Å². The molecule has 1 aromatic heterocycles. The molecule has 1 fully saturated rings. The first-order valence-corrected chi connectivity index (χ1v) is 12.7. The summed E-state index contributed by atoms with van der Waals surface area (Å²) in [7, 11) is -3.71. The van der Waals surface area contributed by atoms with E-state index in [0.717, 1.165) is 23.8 Å². The van der Waals surface area contributed by atoms with E-state index >= 15 is 0 Å². The molecule has 1 aliphatic heterocycles. The van der Waals surface area contributed by atoms with Crippen LogP contribution in [0.25, 0.3) is 10.9 Å². The number of carbonyl (C=O) groups is 1. The summed E-state index contributed by atoms with van der Waals surface area (Å²) in [6, 6.07) is 12.5. The number of rotatable bonds is 7. The molecule has 0 spiro atoms. The van der Waals surface area contributed by atoms with E-state index in [1.165, 1.54) is 28.6 Å². The molecule has 2 heterocycles. The standard InChI is InChI=1S/C24H27N3O6S/c1-17-8-4-5-14-27(17)34(31,32)19-10-6-9-18(16-19)23(29)33-15-7-13-26-22(28)20-11-2-3-12-21(20)25-24(26)30/h2-3,6,9-12,16-17H,4-5,7-8,13-15H2,1H3,(H,25,30)/t17-/m1/s1. The normalized spacial score (nSPS) is 17.0. The summed E-state index contributed by atoms with van der Waals surface area (Å²) in [5.74, 6) is -0.663. The maximum Gasteiger partial charge on any atom is 0.338 e. The SMILES string of the molecule is C[C@@H]1CCCCN1S(=O)(=O)c1cccc(C(=O)OCCCn2c(=O)[nH]c3ccccc3c2=O)c1. The summed E-state index contributed by atoms with van der Waals surface area (Å²) in [5.41, 5.74) is -0.337. The Balaban J connectivity index is 1.40. The van der Waals surface area contributed by atoms with E-state index in [1.54, 1.807) is 24.3 Å². The molecular weight excluding hydrogens is 458 g/mol. The van der Waals surface area contributed by atoms with Gasteiger partial charge in [-0.3, -0.25) is 9.36 Å². The van der Waals surface area contributed by atoms with Crippen molar-refractivity contribution in [2.24, 2.45) is 0 Å². The van der Waals surface area contributed by atoms with E-state index in [2.05, 4.69) is 4.98 Å². The summed E-state index contributed by atoms with van der Waals surface area (Å²) in [6.07, 6.45) is 2.87. The van der Waals surface area contributed by atoms with Gasteiger partial charge in [-0.1, -0.05) is 24.6 Å². The largest absolute Gasteiger partial charge is 0.462 e. The third-order valence-electron chi connectivity index (χ3n) is 6.07. The van der Waals surface area contributed by atoms with Gasteiger partial charge in [-0.2, -0.15) is 4.31 Å². The number of esters is 1. The maximum atomic E-state index is 13.1. The van der Waals surface area contributed by atoms with Gasteiger partial charge in [0.2, 0.25) is 10.0 Å². The molecule has 1 saturated heterocycles. The van der Waals surface area contributed by atoms with Crippen LogP contribution < -0.4 is 11.2 Å². The number of hydrogen-bond donors (Lipinski definition) is 1. The molecule has 3 aromatic rings. The van der Waals surface area contributed by atoms with E-state index in [1.807, 2.05) is 6.92 Å². The van der Waals surface area contributed by atoms with Crippen molar-refractivity contribution in [2.75, 3.05) is 13.2 Å². The van der Waals surface area contributed by atoms with Crippen molar-refractivity contribution in [3.63, 3.8) is 0 Å². The number of benzene rings is 2. The Hall–Kier alpha value is -3.24. The highest BCUT2D eigenvalue weighted by Crippen LogP contribution is 2.25. The Morgan fingerprint density at radius 3 is 2.71 bits per heavy atom. The number of aromatic amines is 1. The molecule has 1 N–H and O–H groups in total. The predicted octanol–water partition coefficient (Wildman–Crippen LogP) is 2.50. The van der Waals surface area contributed by atoms with Crippen molar-refractivity contribution in [1.82, 2.24) is 13.9 Å². The van der Waals surface area contributed by atoms with Crippen LogP contribution in [0.2, 0.25) is 0 Å². The first-order valence-electron chi connectivity index (χ1n) is 11.3.